The van der Waals surface area contributed by atoms with Crippen molar-refractivity contribution in [2.45, 2.75) is 37.7 Å². The summed E-state index contributed by atoms with van der Waals surface area (Å²) in [7, 11) is -3.19. The molecule has 1 aliphatic rings. The quantitative estimate of drug-likeness (QED) is 0.902. The lowest BCUT2D eigenvalue weighted by atomic mass is 9.96. The fourth-order valence-electron chi connectivity index (χ4n) is 2.66. The average Bonchev–Trinajstić information content (AvgIpc) is 2.43. The Morgan fingerprint density at radius 2 is 1.95 bits per heavy atom. The van der Waals surface area contributed by atoms with Crippen molar-refractivity contribution in [1.82, 2.24) is 4.90 Å². The molecule has 1 fully saturated rings. The van der Waals surface area contributed by atoms with Gasteiger partial charge >= 0.3 is 0 Å². The number of aryl methyl sites for hydroxylation is 1. The Morgan fingerprint density at radius 1 is 1.29 bits per heavy atom. The third-order valence-corrected chi connectivity index (χ3v) is 6.09. The second-order valence-corrected chi connectivity index (χ2v) is 8.23. The Kier molecular flexibility index (Phi) is 5.41. The first kappa shape index (κ1) is 16.5. The molecular weight excluding hydrogens is 286 g/mol. The van der Waals surface area contributed by atoms with Gasteiger partial charge in [-0.1, -0.05) is 24.6 Å². The third kappa shape index (κ3) is 4.53. The minimum absolute atomic E-state index is 0.165. The zero-order valence-corrected chi connectivity index (χ0v) is 13.6. The van der Waals surface area contributed by atoms with E-state index in [0.29, 0.717) is 23.8 Å². The van der Waals surface area contributed by atoms with Crippen LogP contribution in [0.4, 0.5) is 0 Å². The van der Waals surface area contributed by atoms with Crippen molar-refractivity contribution < 1.29 is 13.5 Å². The monoisotopic (exact) mass is 311 g/mol. The highest BCUT2D eigenvalue weighted by Crippen LogP contribution is 2.18. The number of benzene rings is 1. The predicted molar refractivity (Wildman–Crippen MR) is 84.1 cm³/mol. The molecule has 1 heterocycles. The van der Waals surface area contributed by atoms with Crippen molar-refractivity contribution >= 4 is 9.84 Å². The Bertz CT molecular complexity index is 553. The summed E-state index contributed by atoms with van der Waals surface area (Å²) in [6, 6.07) is 7.01. The smallest absolute Gasteiger partial charge is 0.178 e. The van der Waals surface area contributed by atoms with Crippen molar-refractivity contribution in [1.29, 1.82) is 0 Å². The summed E-state index contributed by atoms with van der Waals surface area (Å²) < 4.78 is 24.5. The fraction of sp³-hybridized carbons (Fsp3) is 0.625. The van der Waals surface area contributed by atoms with E-state index < -0.39 is 9.84 Å². The van der Waals surface area contributed by atoms with E-state index in [1.54, 1.807) is 12.1 Å². The van der Waals surface area contributed by atoms with Gasteiger partial charge in [0.2, 0.25) is 0 Å². The van der Waals surface area contributed by atoms with E-state index in [1.807, 2.05) is 19.1 Å². The molecule has 1 saturated heterocycles. The van der Waals surface area contributed by atoms with Crippen LogP contribution >= 0.6 is 0 Å². The van der Waals surface area contributed by atoms with E-state index in [2.05, 4.69) is 11.8 Å². The number of sulfone groups is 1. The van der Waals surface area contributed by atoms with Crippen molar-refractivity contribution in [3.63, 3.8) is 0 Å². The van der Waals surface area contributed by atoms with Gasteiger partial charge in [-0.2, -0.15) is 0 Å². The number of likely N-dealkylation sites (tertiary alicyclic amines) is 1. The molecule has 1 aliphatic heterocycles. The van der Waals surface area contributed by atoms with Gasteiger partial charge < -0.3 is 10.0 Å². The molecule has 21 heavy (non-hydrogen) atoms. The summed E-state index contributed by atoms with van der Waals surface area (Å²) >= 11 is 0. The molecule has 0 aromatic heterocycles. The van der Waals surface area contributed by atoms with Gasteiger partial charge in [0.25, 0.3) is 0 Å². The summed E-state index contributed by atoms with van der Waals surface area (Å²) in [5.74, 6) is 0.510. The van der Waals surface area contributed by atoms with Gasteiger partial charge in [0.05, 0.1) is 16.8 Å². The highest BCUT2D eigenvalue weighted by Gasteiger charge is 2.24. The van der Waals surface area contributed by atoms with E-state index >= 15 is 0 Å². The summed E-state index contributed by atoms with van der Waals surface area (Å²) in [6.07, 6.45) is 1.30. The highest BCUT2D eigenvalue weighted by molar-refractivity contribution is 7.91. The molecular formula is C16H25NO3S. The first-order chi connectivity index (χ1) is 9.88. The third-order valence-electron chi connectivity index (χ3n) is 4.27. The summed E-state index contributed by atoms with van der Waals surface area (Å²) in [6.45, 7) is 6.34. The van der Waals surface area contributed by atoms with Gasteiger partial charge in [-0.3, -0.25) is 0 Å². The number of aliphatic hydroxyl groups is 1. The number of hydrogen-bond acceptors (Lipinski definition) is 4. The average molecular weight is 311 g/mol. The molecule has 2 rings (SSSR count). The number of rotatable bonds is 5. The molecule has 4 nitrogen and oxygen atoms in total. The maximum absolute atomic E-state index is 12.2. The molecule has 118 valence electrons. The van der Waals surface area contributed by atoms with E-state index in [9.17, 15) is 13.5 Å². The fourth-order valence-corrected chi connectivity index (χ4v) is 3.95. The van der Waals surface area contributed by atoms with E-state index in [4.69, 9.17) is 0 Å². The number of nitrogens with zero attached hydrogens (tertiary/aromatic N) is 1. The molecule has 0 spiro atoms. The van der Waals surface area contributed by atoms with Gasteiger partial charge in [-0.05, 0) is 50.9 Å². The lowest BCUT2D eigenvalue weighted by Crippen LogP contribution is -2.43. The van der Waals surface area contributed by atoms with Gasteiger partial charge in [0, 0.05) is 6.54 Å². The molecule has 0 radical (unpaired) electrons. The Morgan fingerprint density at radius 3 is 2.57 bits per heavy atom. The molecule has 1 N–H and O–H groups in total. The number of hydrogen-bond donors (Lipinski definition) is 1. The normalized spacial score (nSPS) is 24.1. The van der Waals surface area contributed by atoms with E-state index in [-0.39, 0.29) is 11.9 Å². The lowest BCUT2D eigenvalue weighted by Gasteiger charge is -2.34. The minimum Gasteiger partial charge on any atom is -0.392 e. The molecule has 2 atom stereocenters. The summed E-state index contributed by atoms with van der Waals surface area (Å²) in [4.78, 5) is 2.57. The summed E-state index contributed by atoms with van der Waals surface area (Å²) in [5, 5.41) is 9.85. The molecule has 0 saturated carbocycles. The van der Waals surface area contributed by atoms with Crippen molar-refractivity contribution in [3.8, 4) is 0 Å². The Hall–Kier alpha value is -0.910. The van der Waals surface area contributed by atoms with Crippen LogP contribution in [0.25, 0.3) is 0 Å². The Labute approximate surface area is 127 Å². The zero-order valence-electron chi connectivity index (χ0n) is 12.8. The van der Waals surface area contributed by atoms with Crippen molar-refractivity contribution in [2.24, 2.45) is 5.92 Å². The molecule has 0 unspecified atom stereocenters. The van der Waals surface area contributed by atoms with E-state index in [0.717, 1.165) is 25.1 Å². The van der Waals surface area contributed by atoms with Crippen LogP contribution < -0.4 is 0 Å². The zero-order chi connectivity index (χ0) is 15.5. The van der Waals surface area contributed by atoms with Gasteiger partial charge in [-0.25, -0.2) is 8.42 Å². The number of aliphatic hydroxyl groups excluding tert-OH is 1. The van der Waals surface area contributed by atoms with Gasteiger partial charge in [0.1, 0.15) is 0 Å². The number of piperidine rings is 1. The second-order valence-electron chi connectivity index (χ2n) is 6.12. The van der Waals surface area contributed by atoms with Gasteiger partial charge in [-0.15, -0.1) is 0 Å². The van der Waals surface area contributed by atoms with E-state index in [1.165, 1.54) is 0 Å². The van der Waals surface area contributed by atoms with Crippen molar-refractivity contribution in [2.75, 3.05) is 25.4 Å². The molecule has 0 amide bonds. The SMILES string of the molecule is Cc1ccc(S(=O)(=O)CCCN2CC[C@@H](C)[C@@H](O)C2)cc1. The summed E-state index contributed by atoms with van der Waals surface area (Å²) in [5.41, 5.74) is 1.06. The largest absolute Gasteiger partial charge is 0.392 e. The number of β-amino-alcohol motifs (C(OH)–C–C–N with tert-alkyl or cyclic N) is 1. The topological polar surface area (TPSA) is 57.6 Å². The van der Waals surface area contributed by atoms with Crippen LogP contribution in [-0.4, -0.2) is 49.9 Å². The minimum atomic E-state index is -3.19. The standard InChI is InChI=1S/C16H25NO3S/c1-13-4-6-15(7-5-13)21(19,20)11-3-9-17-10-8-14(2)16(18)12-17/h4-7,14,16,18H,3,8-12H2,1-2H3/t14-,16+/m1/s1. The maximum Gasteiger partial charge on any atom is 0.178 e. The predicted octanol–water partition coefficient (Wildman–Crippen LogP) is 1.86. The van der Waals surface area contributed by atoms with Gasteiger partial charge in [0.15, 0.2) is 9.84 Å². The molecule has 0 aliphatic carbocycles. The lowest BCUT2D eigenvalue weighted by molar-refractivity contribution is 0.0295. The van der Waals surface area contributed by atoms with Crippen molar-refractivity contribution in [3.05, 3.63) is 29.8 Å². The van der Waals surface area contributed by atoms with Crippen LogP contribution in [0.2, 0.25) is 0 Å². The molecule has 0 bridgehead atoms. The first-order valence-corrected chi connectivity index (χ1v) is 9.23. The molecule has 5 heteroatoms. The van der Waals surface area contributed by atoms with Crippen LogP contribution in [0.15, 0.2) is 29.2 Å². The highest BCUT2D eigenvalue weighted by atomic mass is 32.2. The van der Waals surface area contributed by atoms with Crippen LogP contribution in [0.5, 0.6) is 0 Å². The van der Waals surface area contributed by atoms with Crippen LogP contribution in [0, 0.1) is 12.8 Å². The maximum atomic E-state index is 12.2. The van der Waals surface area contributed by atoms with Crippen LogP contribution in [0.3, 0.4) is 0 Å². The Balaban J connectivity index is 1.84. The first-order valence-electron chi connectivity index (χ1n) is 7.58. The molecule has 1 aromatic carbocycles. The molecule has 1 aromatic rings. The van der Waals surface area contributed by atoms with Crippen LogP contribution in [-0.2, 0) is 9.84 Å². The second kappa shape index (κ2) is 6.90. The van der Waals surface area contributed by atoms with Crippen LogP contribution in [0.1, 0.15) is 25.3 Å².